The van der Waals surface area contributed by atoms with E-state index in [1.54, 1.807) is 35.5 Å². The van der Waals surface area contributed by atoms with Gasteiger partial charge in [0.2, 0.25) is 0 Å². The van der Waals surface area contributed by atoms with E-state index in [0.29, 0.717) is 17.4 Å². The lowest BCUT2D eigenvalue weighted by molar-refractivity contribution is 0.228. The van der Waals surface area contributed by atoms with E-state index in [1.807, 2.05) is 18.2 Å². The molecule has 0 radical (unpaired) electrons. The number of hydrogen-bond donors (Lipinski definition) is 2. The number of hydrogen-bond acceptors (Lipinski definition) is 4. The molecular formula is C17H20ClN5O. The van der Waals surface area contributed by atoms with Gasteiger partial charge in [0.1, 0.15) is 0 Å². The second-order valence-corrected chi connectivity index (χ2v) is 6.03. The Hall–Kier alpha value is -2.15. The van der Waals surface area contributed by atoms with Crippen LogP contribution in [0, 0.1) is 0 Å². The lowest BCUT2D eigenvalue weighted by Gasteiger charge is -2.33. The zero-order valence-electron chi connectivity index (χ0n) is 13.3. The van der Waals surface area contributed by atoms with E-state index >= 15 is 0 Å². The van der Waals surface area contributed by atoms with Crippen LogP contribution in [0.5, 0.6) is 0 Å². The number of anilines is 2. The molecular weight excluding hydrogens is 326 g/mol. The first-order valence-corrected chi connectivity index (χ1v) is 8.27. The van der Waals surface area contributed by atoms with Crippen molar-refractivity contribution in [2.45, 2.75) is 0 Å². The molecule has 1 fully saturated rings. The Morgan fingerprint density at radius 3 is 2.83 bits per heavy atom. The van der Waals surface area contributed by atoms with Gasteiger partial charge in [-0.3, -0.25) is 14.8 Å². The minimum atomic E-state index is -0.205. The van der Waals surface area contributed by atoms with Crippen LogP contribution in [0.2, 0.25) is 5.02 Å². The number of carbonyl (C=O) groups excluding carboxylic acids is 1. The van der Waals surface area contributed by atoms with Crippen LogP contribution >= 0.6 is 11.6 Å². The Balaban J connectivity index is 1.79. The summed E-state index contributed by atoms with van der Waals surface area (Å²) < 4.78 is 0. The molecule has 0 bridgehead atoms. The maximum absolute atomic E-state index is 12.8. The molecule has 1 saturated heterocycles. The fourth-order valence-electron chi connectivity index (χ4n) is 2.59. The summed E-state index contributed by atoms with van der Waals surface area (Å²) in [7, 11) is 0. The smallest absolute Gasteiger partial charge is 0.314 e. The Kier molecular flexibility index (Phi) is 5.63. The summed E-state index contributed by atoms with van der Waals surface area (Å²) >= 11 is 6.10. The Bertz CT molecular complexity index is 676. The van der Waals surface area contributed by atoms with E-state index in [-0.39, 0.29) is 6.03 Å². The summed E-state index contributed by atoms with van der Waals surface area (Å²) in [5, 5.41) is 6.81. The zero-order valence-corrected chi connectivity index (χ0v) is 14.0. The molecule has 0 aliphatic carbocycles. The summed E-state index contributed by atoms with van der Waals surface area (Å²) in [5.74, 6) is 0. The van der Waals surface area contributed by atoms with Crippen LogP contribution in [0.4, 0.5) is 16.2 Å². The van der Waals surface area contributed by atoms with Crippen molar-refractivity contribution in [2.75, 3.05) is 43.1 Å². The Morgan fingerprint density at radius 1 is 1.29 bits per heavy atom. The SMILES string of the molecule is O=C(Nc1cccnc1)N(CN1CCNCC1)c1cccc(Cl)c1. The maximum atomic E-state index is 12.8. The molecule has 3 rings (SSSR count). The lowest BCUT2D eigenvalue weighted by Crippen LogP contribution is -2.50. The summed E-state index contributed by atoms with van der Waals surface area (Å²) in [5.41, 5.74) is 1.43. The van der Waals surface area contributed by atoms with Crippen molar-refractivity contribution < 1.29 is 4.79 Å². The molecule has 0 atom stereocenters. The van der Waals surface area contributed by atoms with Crippen molar-refractivity contribution in [3.05, 3.63) is 53.8 Å². The van der Waals surface area contributed by atoms with E-state index in [1.165, 1.54) is 0 Å². The van der Waals surface area contributed by atoms with Gasteiger partial charge in [0.05, 0.1) is 18.6 Å². The van der Waals surface area contributed by atoms with Crippen LogP contribution in [-0.2, 0) is 0 Å². The number of pyridine rings is 1. The van der Waals surface area contributed by atoms with Gasteiger partial charge in [0.15, 0.2) is 0 Å². The van der Waals surface area contributed by atoms with Crippen LogP contribution < -0.4 is 15.5 Å². The van der Waals surface area contributed by atoms with Gasteiger partial charge in [0.25, 0.3) is 0 Å². The molecule has 0 spiro atoms. The van der Waals surface area contributed by atoms with Crippen LogP contribution in [0.3, 0.4) is 0 Å². The summed E-state index contributed by atoms with van der Waals surface area (Å²) in [6.45, 7) is 4.16. The second-order valence-electron chi connectivity index (χ2n) is 5.59. The first-order chi connectivity index (χ1) is 11.7. The molecule has 2 amide bonds. The highest BCUT2D eigenvalue weighted by atomic mass is 35.5. The fraction of sp³-hybridized carbons (Fsp3) is 0.294. The van der Waals surface area contributed by atoms with Crippen molar-refractivity contribution in [3.63, 3.8) is 0 Å². The molecule has 1 aromatic heterocycles. The fourth-order valence-corrected chi connectivity index (χ4v) is 2.77. The van der Waals surface area contributed by atoms with Crippen molar-refractivity contribution in [1.29, 1.82) is 0 Å². The average molecular weight is 346 g/mol. The highest BCUT2D eigenvalue weighted by Crippen LogP contribution is 2.21. The van der Waals surface area contributed by atoms with E-state index in [0.717, 1.165) is 31.9 Å². The molecule has 6 nitrogen and oxygen atoms in total. The Labute approximate surface area is 146 Å². The predicted octanol–water partition coefficient (Wildman–Crippen LogP) is 2.64. The molecule has 126 valence electrons. The molecule has 24 heavy (non-hydrogen) atoms. The number of halogens is 1. The number of amides is 2. The number of benzene rings is 1. The van der Waals surface area contributed by atoms with Gasteiger partial charge in [-0.1, -0.05) is 17.7 Å². The number of piperazine rings is 1. The van der Waals surface area contributed by atoms with E-state index < -0.39 is 0 Å². The predicted molar refractivity (Wildman–Crippen MR) is 96.5 cm³/mol. The number of carbonyl (C=O) groups is 1. The highest BCUT2D eigenvalue weighted by molar-refractivity contribution is 6.31. The van der Waals surface area contributed by atoms with Gasteiger partial charge >= 0.3 is 6.03 Å². The summed E-state index contributed by atoms with van der Waals surface area (Å²) in [4.78, 5) is 20.8. The average Bonchev–Trinajstić information content (AvgIpc) is 2.61. The zero-order chi connectivity index (χ0) is 16.8. The first kappa shape index (κ1) is 16.7. The normalized spacial score (nSPS) is 15.0. The molecule has 2 N–H and O–H groups in total. The molecule has 0 saturated carbocycles. The number of urea groups is 1. The minimum Gasteiger partial charge on any atom is -0.314 e. The van der Waals surface area contributed by atoms with E-state index in [2.05, 4.69) is 20.5 Å². The monoisotopic (exact) mass is 345 g/mol. The highest BCUT2D eigenvalue weighted by Gasteiger charge is 2.20. The van der Waals surface area contributed by atoms with Crippen LogP contribution in [0.1, 0.15) is 0 Å². The van der Waals surface area contributed by atoms with Crippen molar-refractivity contribution >= 4 is 29.0 Å². The number of aromatic nitrogens is 1. The molecule has 2 aromatic rings. The second kappa shape index (κ2) is 8.10. The molecule has 1 aliphatic heterocycles. The van der Waals surface area contributed by atoms with E-state index in [4.69, 9.17) is 11.6 Å². The van der Waals surface area contributed by atoms with Crippen molar-refractivity contribution in [1.82, 2.24) is 15.2 Å². The van der Waals surface area contributed by atoms with Crippen molar-refractivity contribution in [2.24, 2.45) is 0 Å². The third kappa shape index (κ3) is 4.44. The van der Waals surface area contributed by atoms with Gasteiger partial charge in [-0.15, -0.1) is 0 Å². The van der Waals surface area contributed by atoms with Crippen LogP contribution in [-0.4, -0.2) is 48.8 Å². The topological polar surface area (TPSA) is 60.5 Å². The number of nitrogens with zero attached hydrogens (tertiary/aromatic N) is 3. The maximum Gasteiger partial charge on any atom is 0.327 e. The molecule has 0 unspecified atom stereocenters. The lowest BCUT2D eigenvalue weighted by atomic mass is 10.3. The first-order valence-electron chi connectivity index (χ1n) is 7.89. The van der Waals surface area contributed by atoms with Gasteiger partial charge < -0.3 is 10.6 Å². The summed E-state index contributed by atoms with van der Waals surface area (Å²) in [6.07, 6.45) is 3.30. The third-order valence-electron chi connectivity index (χ3n) is 3.83. The van der Waals surface area contributed by atoms with Crippen LogP contribution in [0.25, 0.3) is 0 Å². The molecule has 7 heteroatoms. The van der Waals surface area contributed by atoms with Gasteiger partial charge in [-0.2, -0.15) is 0 Å². The summed E-state index contributed by atoms with van der Waals surface area (Å²) in [6, 6.07) is 10.7. The minimum absolute atomic E-state index is 0.205. The largest absolute Gasteiger partial charge is 0.327 e. The molecule has 1 aliphatic rings. The van der Waals surface area contributed by atoms with Crippen LogP contribution in [0.15, 0.2) is 48.8 Å². The number of rotatable bonds is 4. The molecule has 1 aromatic carbocycles. The standard InChI is InChI=1S/C17H20ClN5O/c18-14-3-1-5-16(11-14)23(13-22-9-7-19-8-10-22)17(24)21-15-4-2-6-20-12-15/h1-6,11-12,19H,7-10,13H2,(H,21,24). The Morgan fingerprint density at radius 2 is 2.12 bits per heavy atom. The van der Waals surface area contributed by atoms with Crippen molar-refractivity contribution in [3.8, 4) is 0 Å². The quantitative estimate of drug-likeness (QED) is 0.894. The number of nitrogens with one attached hydrogen (secondary N) is 2. The van der Waals surface area contributed by atoms with Gasteiger partial charge in [-0.25, -0.2) is 4.79 Å². The van der Waals surface area contributed by atoms with Gasteiger partial charge in [-0.05, 0) is 30.3 Å². The third-order valence-corrected chi connectivity index (χ3v) is 4.06. The molecule has 2 heterocycles. The van der Waals surface area contributed by atoms with Gasteiger partial charge in [0, 0.05) is 43.1 Å². The van der Waals surface area contributed by atoms with E-state index in [9.17, 15) is 4.79 Å².